The number of rotatable bonds is 4. The largest absolute Gasteiger partial charge is 0.494 e. The SMILES string of the molecule is COc1ccc(C)cc1-n1nc(C(=O)O)c(C(=O)O)n1. The van der Waals surface area contributed by atoms with E-state index in [1.165, 1.54) is 7.11 Å². The summed E-state index contributed by atoms with van der Waals surface area (Å²) in [6, 6.07) is 5.12. The number of carboxylic acids is 2. The number of carbonyl (C=O) groups is 2. The van der Waals surface area contributed by atoms with E-state index in [2.05, 4.69) is 10.2 Å². The number of carboxylic acid groups (broad SMARTS) is 2. The lowest BCUT2D eigenvalue weighted by Crippen LogP contribution is -2.07. The van der Waals surface area contributed by atoms with Crippen LogP contribution in [0.3, 0.4) is 0 Å². The van der Waals surface area contributed by atoms with Crippen LogP contribution in [0.4, 0.5) is 0 Å². The van der Waals surface area contributed by atoms with Crippen molar-refractivity contribution in [1.82, 2.24) is 15.0 Å². The van der Waals surface area contributed by atoms with Gasteiger partial charge in [-0.2, -0.15) is 0 Å². The lowest BCUT2D eigenvalue weighted by atomic mass is 10.2. The van der Waals surface area contributed by atoms with Crippen LogP contribution >= 0.6 is 0 Å². The third kappa shape index (κ3) is 2.30. The highest BCUT2D eigenvalue weighted by atomic mass is 16.5. The van der Waals surface area contributed by atoms with Crippen LogP contribution in [-0.4, -0.2) is 44.3 Å². The normalized spacial score (nSPS) is 10.3. The number of nitrogens with zero attached hydrogens (tertiary/aromatic N) is 3. The van der Waals surface area contributed by atoms with Crippen LogP contribution in [-0.2, 0) is 0 Å². The number of ether oxygens (including phenoxy) is 1. The zero-order chi connectivity index (χ0) is 14.9. The van der Waals surface area contributed by atoms with Gasteiger partial charge in [-0.3, -0.25) is 0 Å². The van der Waals surface area contributed by atoms with Crippen molar-refractivity contribution in [2.24, 2.45) is 0 Å². The molecule has 1 aromatic carbocycles. The number of aromatic nitrogens is 3. The molecule has 2 rings (SSSR count). The summed E-state index contributed by atoms with van der Waals surface area (Å²) >= 11 is 0. The standard InChI is InChI=1S/C12H11N3O5/c1-6-3-4-8(20-2)7(5-6)15-13-9(11(16)17)10(14-15)12(18)19/h3-5H,1-2H3,(H,16,17)(H,18,19). The van der Waals surface area contributed by atoms with Gasteiger partial charge in [-0.05, 0) is 24.6 Å². The van der Waals surface area contributed by atoms with Gasteiger partial charge >= 0.3 is 11.9 Å². The highest BCUT2D eigenvalue weighted by Gasteiger charge is 2.24. The number of benzene rings is 1. The molecule has 8 heteroatoms. The van der Waals surface area contributed by atoms with Gasteiger partial charge in [0, 0.05) is 0 Å². The van der Waals surface area contributed by atoms with Gasteiger partial charge in [0.1, 0.15) is 11.4 Å². The molecule has 20 heavy (non-hydrogen) atoms. The van der Waals surface area contributed by atoms with Crippen molar-refractivity contribution in [2.75, 3.05) is 7.11 Å². The average Bonchev–Trinajstić information content (AvgIpc) is 2.83. The van der Waals surface area contributed by atoms with Crippen molar-refractivity contribution in [2.45, 2.75) is 6.92 Å². The second-order valence-corrected chi connectivity index (χ2v) is 3.97. The summed E-state index contributed by atoms with van der Waals surface area (Å²) in [6.45, 7) is 1.82. The Balaban J connectivity index is 2.65. The average molecular weight is 277 g/mol. The minimum Gasteiger partial charge on any atom is -0.494 e. The maximum absolute atomic E-state index is 11.0. The van der Waals surface area contributed by atoms with E-state index in [1.54, 1.807) is 18.2 Å². The Labute approximate surface area is 113 Å². The summed E-state index contributed by atoms with van der Waals surface area (Å²) in [6.07, 6.45) is 0. The fraction of sp³-hybridized carbons (Fsp3) is 0.167. The number of hydrogen-bond donors (Lipinski definition) is 2. The van der Waals surface area contributed by atoms with E-state index < -0.39 is 23.3 Å². The van der Waals surface area contributed by atoms with Gasteiger partial charge in [0.15, 0.2) is 0 Å². The van der Waals surface area contributed by atoms with Crippen molar-refractivity contribution in [3.8, 4) is 11.4 Å². The first-order valence-electron chi connectivity index (χ1n) is 5.53. The van der Waals surface area contributed by atoms with Gasteiger partial charge in [-0.1, -0.05) is 6.07 Å². The zero-order valence-electron chi connectivity index (χ0n) is 10.7. The van der Waals surface area contributed by atoms with E-state index in [9.17, 15) is 9.59 Å². The predicted octanol–water partition coefficient (Wildman–Crippen LogP) is 0.981. The van der Waals surface area contributed by atoms with E-state index in [-0.39, 0.29) is 0 Å². The molecule has 1 aromatic heterocycles. The third-order valence-electron chi connectivity index (χ3n) is 2.57. The molecule has 2 aromatic rings. The molecule has 0 fully saturated rings. The molecule has 0 radical (unpaired) electrons. The Kier molecular flexibility index (Phi) is 3.38. The van der Waals surface area contributed by atoms with E-state index in [4.69, 9.17) is 14.9 Å². The zero-order valence-corrected chi connectivity index (χ0v) is 10.7. The van der Waals surface area contributed by atoms with Crippen LogP contribution in [0.25, 0.3) is 5.69 Å². The minimum absolute atomic E-state index is 0.363. The third-order valence-corrected chi connectivity index (χ3v) is 2.57. The molecule has 0 aliphatic rings. The Morgan fingerprint density at radius 3 is 2.15 bits per heavy atom. The topological polar surface area (TPSA) is 115 Å². The van der Waals surface area contributed by atoms with Gasteiger partial charge in [-0.25, -0.2) is 9.59 Å². The molecule has 0 unspecified atom stereocenters. The molecule has 0 spiro atoms. The van der Waals surface area contributed by atoms with Crippen molar-refractivity contribution in [3.63, 3.8) is 0 Å². The van der Waals surface area contributed by atoms with Crippen LogP contribution in [0.5, 0.6) is 5.75 Å². The van der Waals surface area contributed by atoms with Crippen LogP contribution < -0.4 is 4.74 Å². The molecule has 8 nitrogen and oxygen atoms in total. The molecule has 0 aliphatic carbocycles. The minimum atomic E-state index is -1.46. The first kappa shape index (κ1) is 13.5. The number of aryl methyl sites for hydroxylation is 1. The van der Waals surface area contributed by atoms with Crippen LogP contribution in [0.2, 0.25) is 0 Å². The van der Waals surface area contributed by atoms with Crippen molar-refractivity contribution >= 4 is 11.9 Å². The monoisotopic (exact) mass is 277 g/mol. The predicted molar refractivity (Wildman–Crippen MR) is 66.6 cm³/mol. The van der Waals surface area contributed by atoms with Crippen LogP contribution in [0, 0.1) is 6.92 Å². The van der Waals surface area contributed by atoms with E-state index >= 15 is 0 Å². The Morgan fingerprint density at radius 1 is 1.15 bits per heavy atom. The van der Waals surface area contributed by atoms with Gasteiger partial charge in [0.2, 0.25) is 11.4 Å². The molecule has 0 saturated carbocycles. The first-order chi connectivity index (χ1) is 9.43. The number of aromatic carboxylic acids is 2. The summed E-state index contributed by atoms with van der Waals surface area (Å²) in [7, 11) is 1.44. The second kappa shape index (κ2) is 5.00. The summed E-state index contributed by atoms with van der Waals surface area (Å²) < 4.78 is 5.13. The van der Waals surface area contributed by atoms with E-state index in [0.29, 0.717) is 11.4 Å². The maximum atomic E-state index is 11.0. The molecular formula is C12H11N3O5. The fourth-order valence-corrected chi connectivity index (χ4v) is 1.66. The lowest BCUT2D eigenvalue weighted by molar-refractivity contribution is 0.0644. The molecule has 0 bridgehead atoms. The number of methoxy groups -OCH3 is 1. The molecule has 2 N–H and O–H groups in total. The smallest absolute Gasteiger partial charge is 0.359 e. The van der Waals surface area contributed by atoms with Crippen molar-refractivity contribution in [3.05, 3.63) is 35.2 Å². The summed E-state index contributed by atoms with van der Waals surface area (Å²) in [5, 5.41) is 25.3. The molecule has 0 saturated heterocycles. The van der Waals surface area contributed by atoms with Crippen LogP contribution in [0.15, 0.2) is 18.2 Å². The number of hydrogen-bond acceptors (Lipinski definition) is 5. The molecule has 0 aliphatic heterocycles. The van der Waals surface area contributed by atoms with E-state index in [0.717, 1.165) is 10.4 Å². The molecule has 1 heterocycles. The lowest BCUT2D eigenvalue weighted by Gasteiger charge is -2.07. The molecule has 0 atom stereocenters. The van der Waals surface area contributed by atoms with E-state index in [1.807, 2.05) is 6.92 Å². The molecular weight excluding hydrogens is 266 g/mol. The second-order valence-electron chi connectivity index (χ2n) is 3.97. The summed E-state index contributed by atoms with van der Waals surface area (Å²) in [5.74, 6) is -2.51. The Morgan fingerprint density at radius 2 is 1.70 bits per heavy atom. The fourth-order valence-electron chi connectivity index (χ4n) is 1.66. The van der Waals surface area contributed by atoms with Gasteiger partial charge in [0.25, 0.3) is 0 Å². The first-order valence-corrected chi connectivity index (χ1v) is 5.53. The Bertz CT molecular complexity index is 661. The van der Waals surface area contributed by atoms with Crippen molar-refractivity contribution < 1.29 is 24.5 Å². The van der Waals surface area contributed by atoms with Gasteiger partial charge in [-0.15, -0.1) is 15.0 Å². The maximum Gasteiger partial charge on any atom is 0.359 e. The van der Waals surface area contributed by atoms with Gasteiger partial charge < -0.3 is 14.9 Å². The highest BCUT2D eigenvalue weighted by molar-refractivity contribution is 5.98. The quantitative estimate of drug-likeness (QED) is 0.855. The summed E-state index contributed by atoms with van der Waals surface area (Å²) in [5.41, 5.74) is -0.0172. The summed E-state index contributed by atoms with van der Waals surface area (Å²) in [4.78, 5) is 22.9. The van der Waals surface area contributed by atoms with Gasteiger partial charge in [0.05, 0.1) is 7.11 Å². The van der Waals surface area contributed by atoms with Crippen LogP contribution in [0.1, 0.15) is 26.5 Å². The Hall–Kier alpha value is -2.90. The molecule has 0 amide bonds. The molecule has 104 valence electrons. The van der Waals surface area contributed by atoms with Crippen molar-refractivity contribution in [1.29, 1.82) is 0 Å². The highest BCUT2D eigenvalue weighted by Crippen LogP contribution is 2.23.